The zero-order chi connectivity index (χ0) is 14.4. The molecule has 1 heterocycles. The molecule has 1 aromatic heterocycles. The first-order valence-corrected chi connectivity index (χ1v) is 6.98. The molecule has 0 saturated carbocycles. The predicted octanol–water partition coefficient (Wildman–Crippen LogP) is 3.17. The third-order valence-corrected chi connectivity index (χ3v) is 3.08. The summed E-state index contributed by atoms with van der Waals surface area (Å²) in [5.74, 6) is 1.40. The number of halogens is 1. The van der Waals surface area contributed by atoms with Crippen molar-refractivity contribution in [1.82, 2.24) is 15.6 Å². The molecule has 0 aliphatic heterocycles. The molecule has 0 unspecified atom stereocenters. The van der Waals surface area contributed by atoms with E-state index in [1.54, 1.807) is 7.05 Å². The van der Waals surface area contributed by atoms with Crippen LogP contribution in [0, 0.1) is 5.92 Å². The average Bonchev–Trinajstić information content (AvgIpc) is 2.47. The van der Waals surface area contributed by atoms with Crippen LogP contribution in [0.15, 0.2) is 41.5 Å². The third kappa shape index (κ3) is 5.15. The van der Waals surface area contributed by atoms with E-state index >= 15 is 0 Å². The quantitative estimate of drug-likeness (QED) is 0.473. The molecular weight excluding hydrogens is 375 g/mol. The predicted molar refractivity (Wildman–Crippen MR) is 100 cm³/mol. The van der Waals surface area contributed by atoms with Gasteiger partial charge in [0, 0.05) is 25.2 Å². The zero-order valence-corrected chi connectivity index (χ0v) is 15.1. The molecule has 1 aromatic carbocycles. The highest BCUT2D eigenvalue weighted by atomic mass is 127. The summed E-state index contributed by atoms with van der Waals surface area (Å²) < 4.78 is 0. The molecule has 0 saturated heterocycles. The largest absolute Gasteiger partial charge is 0.356 e. The summed E-state index contributed by atoms with van der Waals surface area (Å²) in [6.07, 6.45) is 1.85. The molecule has 114 valence electrons. The molecular formula is C16H23IN4. The summed E-state index contributed by atoms with van der Waals surface area (Å²) in [4.78, 5) is 8.68. The number of rotatable bonds is 4. The molecule has 0 atom stereocenters. The summed E-state index contributed by atoms with van der Waals surface area (Å²) in [5.41, 5.74) is 1.04. The van der Waals surface area contributed by atoms with Crippen molar-refractivity contribution >= 4 is 40.7 Å². The second-order valence-corrected chi connectivity index (χ2v) is 5.18. The molecule has 0 radical (unpaired) electrons. The topological polar surface area (TPSA) is 49.3 Å². The summed E-state index contributed by atoms with van der Waals surface area (Å²) in [7, 11) is 1.78. The van der Waals surface area contributed by atoms with Gasteiger partial charge in [0.15, 0.2) is 5.96 Å². The number of fused-ring (bicyclic) bond motifs is 1. The van der Waals surface area contributed by atoms with Gasteiger partial charge in [-0.1, -0.05) is 38.1 Å². The minimum Gasteiger partial charge on any atom is -0.356 e. The van der Waals surface area contributed by atoms with Gasteiger partial charge in [0.25, 0.3) is 0 Å². The molecule has 21 heavy (non-hydrogen) atoms. The number of aliphatic imine (C=N–C) groups is 1. The maximum Gasteiger partial charge on any atom is 0.191 e. The first-order valence-electron chi connectivity index (χ1n) is 6.98. The standard InChI is InChI=1S/C16H22N4.HI/c1-12(2)10-19-16(17-3)20-11-15-14-7-5-4-6-13(14)8-9-18-15;/h4-9,12H,10-11H2,1-3H3,(H2,17,19,20);1H. The summed E-state index contributed by atoms with van der Waals surface area (Å²) in [5, 5.41) is 9.00. The van der Waals surface area contributed by atoms with Gasteiger partial charge >= 0.3 is 0 Å². The average molecular weight is 398 g/mol. The van der Waals surface area contributed by atoms with Gasteiger partial charge in [-0.3, -0.25) is 9.98 Å². The molecule has 0 bridgehead atoms. The van der Waals surface area contributed by atoms with Crippen molar-refractivity contribution < 1.29 is 0 Å². The minimum absolute atomic E-state index is 0. The third-order valence-electron chi connectivity index (χ3n) is 3.08. The first kappa shape index (κ1) is 17.7. The number of nitrogens with zero attached hydrogens (tertiary/aromatic N) is 2. The highest BCUT2D eigenvalue weighted by Crippen LogP contribution is 2.15. The van der Waals surface area contributed by atoms with Gasteiger partial charge in [0.2, 0.25) is 0 Å². The van der Waals surface area contributed by atoms with E-state index in [9.17, 15) is 0 Å². The Morgan fingerprint density at radius 3 is 2.67 bits per heavy atom. The number of nitrogens with one attached hydrogen (secondary N) is 2. The van der Waals surface area contributed by atoms with Crippen LogP contribution in [0.25, 0.3) is 10.8 Å². The van der Waals surface area contributed by atoms with Crippen LogP contribution in [0.4, 0.5) is 0 Å². The van der Waals surface area contributed by atoms with Crippen LogP contribution in [-0.4, -0.2) is 24.5 Å². The van der Waals surface area contributed by atoms with Crippen molar-refractivity contribution in [2.24, 2.45) is 10.9 Å². The highest BCUT2D eigenvalue weighted by molar-refractivity contribution is 14.0. The van der Waals surface area contributed by atoms with E-state index in [2.05, 4.69) is 46.6 Å². The van der Waals surface area contributed by atoms with Gasteiger partial charge in [0.1, 0.15) is 0 Å². The van der Waals surface area contributed by atoms with Crippen molar-refractivity contribution in [3.8, 4) is 0 Å². The number of pyridine rings is 1. The van der Waals surface area contributed by atoms with Crippen molar-refractivity contribution in [3.05, 3.63) is 42.2 Å². The Hall–Kier alpha value is -1.37. The molecule has 0 aliphatic rings. The van der Waals surface area contributed by atoms with Gasteiger partial charge in [-0.2, -0.15) is 0 Å². The molecule has 2 N–H and O–H groups in total. The first-order chi connectivity index (χ1) is 9.70. The van der Waals surface area contributed by atoms with Gasteiger partial charge in [-0.05, 0) is 17.4 Å². The van der Waals surface area contributed by atoms with Crippen molar-refractivity contribution in [3.63, 3.8) is 0 Å². The minimum atomic E-state index is 0. The van der Waals surface area contributed by atoms with Gasteiger partial charge < -0.3 is 10.6 Å². The summed E-state index contributed by atoms with van der Waals surface area (Å²) in [6, 6.07) is 10.3. The van der Waals surface area contributed by atoms with E-state index in [4.69, 9.17) is 0 Å². The Labute approximate surface area is 143 Å². The van der Waals surface area contributed by atoms with Crippen LogP contribution in [0.2, 0.25) is 0 Å². The van der Waals surface area contributed by atoms with Crippen LogP contribution in [0.1, 0.15) is 19.5 Å². The van der Waals surface area contributed by atoms with E-state index in [0.29, 0.717) is 12.5 Å². The second-order valence-electron chi connectivity index (χ2n) is 5.18. The zero-order valence-electron chi connectivity index (χ0n) is 12.8. The van der Waals surface area contributed by atoms with Crippen LogP contribution >= 0.6 is 24.0 Å². The molecule has 4 nitrogen and oxygen atoms in total. The van der Waals surface area contributed by atoms with Crippen LogP contribution in [0.5, 0.6) is 0 Å². The van der Waals surface area contributed by atoms with E-state index < -0.39 is 0 Å². The van der Waals surface area contributed by atoms with Crippen LogP contribution < -0.4 is 10.6 Å². The van der Waals surface area contributed by atoms with Gasteiger partial charge in [0.05, 0.1) is 12.2 Å². The number of guanidine groups is 1. The fourth-order valence-corrected chi connectivity index (χ4v) is 2.01. The smallest absolute Gasteiger partial charge is 0.191 e. The summed E-state index contributed by atoms with van der Waals surface area (Å²) >= 11 is 0. The van der Waals surface area contributed by atoms with Crippen molar-refractivity contribution in [2.75, 3.05) is 13.6 Å². The van der Waals surface area contributed by atoms with Gasteiger partial charge in [-0.25, -0.2) is 0 Å². The Bertz CT molecular complexity index is 590. The maximum absolute atomic E-state index is 4.46. The lowest BCUT2D eigenvalue weighted by molar-refractivity contribution is 0.614. The van der Waals surface area contributed by atoms with E-state index in [-0.39, 0.29) is 24.0 Å². The number of aromatic nitrogens is 1. The Balaban J connectivity index is 0.00000220. The molecule has 0 amide bonds. The van der Waals surface area contributed by atoms with E-state index in [1.807, 2.05) is 24.4 Å². The normalized spacial score (nSPS) is 11.3. The Kier molecular flexibility index (Phi) is 7.42. The Morgan fingerprint density at radius 2 is 1.95 bits per heavy atom. The van der Waals surface area contributed by atoms with Crippen LogP contribution in [-0.2, 0) is 6.54 Å². The van der Waals surface area contributed by atoms with E-state index in [1.165, 1.54) is 10.8 Å². The maximum atomic E-state index is 4.46. The molecule has 2 rings (SSSR count). The Morgan fingerprint density at radius 1 is 1.19 bits per heavy atom. The molecule has 0 fully saturated rings. The number of hydrogen-bond donors (Lipinski definition) is 2. The van der Waals surface area contributed by atoms with Crippen molar-refractivity contribution in [2.45, 2.75) is 20.4 Å². The SMILES string of the molecule is CN=C(NCc1nccc2ccccc12)NCC(C)C.I. The number of hydrogen-bond acceptors (Lipinski definition) is 2. The van der Waals surface area contributed by atoms with Crippen molar-refractivity contribution in [1.29, 1.82) is 0 Å². The monoisotopic (exact) mass is 398 g/mol. The summed E-state index contributed by atoms with van der Waals surface area (Å²) in [6.45, 7) is 5.92. The number of benzene rings is 1. The fourth-order valence-electron chi connectivity index (χ4n) is 2.01. The molecule has 5 heteroatoms. The lowest BCUT2D eigenvalue weighted by Crippen LogP contribution is -2.38. The fraction of sp³-hybridized carbons (Fsp3) is 0.375. The molecule has 0 spiro atoms. The van der Waals surface area contributed by atoms with Gasteiger partial charge in [-0.15, -0.1) is 24.0 Å². The molecule has 0 aliphatic carbocycles. The molecule has 2 aromatic rings. The van der Waals surface area contributed by atoms with E-state index in [0.717, 1.165) is 18.2 Å². The highest BCUT2D eigenvalue weighted by Gasteiger charge is 2.04. The van der Waals surface area contributed by atoms with Crippen LogP contribution in [0.3, 0.4) is 0 Å². The lowest BCUT2D eigenvalue weighted by atomic mass is 10.1. The second kappa shape index (κ2) is 8.81. The lowest BCUT2D eigenvalue weighted by Gasteiger charge is -2.13.